The van der Waals surface area contributed by atoms with E-state index < -0.39 is 0 Å². The van der Waals surface area contributed by atoms with Crippen LogP contribution in [-0.4, -0.2) is 15.4 Å². The van der Waals surface area contributed by atoms with Crippen LogP contribution in [0.2, 0.25) is 10.0 Å². The molecular formula is C10H6Cl2N2OS. The molecule has 0 saturated carbocycles. The molecule has 6 heteroatoms. The lowest BCUT2D eigenvalue weighted by Gasteiger charge is -2.03. The standard InChI is InChI=1S/C10H6Cl2N2OS/c11-7-3-1-2-6(10(7)12)4-8(15)9-5-13-14-16-9/h1-3,5H,4H2. The summed E-state index contributed by atoms with van der Waals surface area (Å²) in [5.74, 6) is -0.0563. The molecule has 0 atom stereocenters. The normalized spacial score (nSPS) is 10.4. The zero-order valence-electron chi connectivity index (χ0n) is 7.98. The molecule has 2 rings (SSSR count). The van der Waals surface area contributed by atoms with E-state index >= 15 is 0 Å². The number of benzene rings is 1. The Labute approximate surface area is 106 Å². The van der Waals surface area contributed by atoms with Crippen molar-refractivity contribution in [2.75, 3.05) is 0 Å². The topological polar surface area (TPSA) is 42.9 Å². The summed E-state index contributed by atoms with van der Waals surface area (Å²) in [6.45, 7) is 0. The highest BCUT2D eigenvalue weighted by Crippen LogP contribution is 2.26. The molecule has 2 aromatic rings. The highest BCUT2D eigenvalue weighted by atomic mass is 35.5. The maximum atomic E-state index is 11.8. The molecule has 0 aliphatic rings. The first-order valence-electron chi connectivity index (χ1n) is 4.42. The van der Waals surface area contributed by atoms with Crippen molar-refractivity contribution in [1.29, 1.82) is 0 Å². The largest absolute Gasteiger partial charge is 0.293 e. The van der Waals surface area contributed by atoms with E-state index in [9.17, 15) is 4.79 Å². The van der Waals surface area contributed by atoms with Crippen molar-refractivity contribution in [3.63, 3.8) is 0 Å². The molecule has 0 N–H and O–H groups in total. The van der Waals surface area contributed by atoms with E-state index in [1.54, 1.807) is 18.2 Å². The van der Waals surface area contributed by atoms with E-state index in [-0.39, 0.29) is 12.2 Å². The van der Waals surface area contributed by atoms with Crippen molar-refractivity contribution in [1.82, 2.24) is 9.59 Å². The number of aromatic nitrogens is 2. The fraction of sp³-hybridized carbons (Fsp3) is 0.100. The summed E-state index contributed by atoms with van der Waals surface area (Å²) in [7, 11) is 0. The summed E-state index contributed by atoms with van der Waals surface area (Å²) in [6, 6.07) is 5.23. The molecule has 0 spiro atoms. The number of nitrogens with zero attached hydrogens (tertiary/aromatic N) is 2. The predicted molar refractivity (Wildman–Crippen MR) is 64.4 cm³/mol. The number of ketones is 1. The molecule has 0 aliphatic heterocycles. The van der Waals surface area contributed by atoms with Gasteiger partial charge in [-0.3, -0.25) is 4.79 Å². The van der Waals surface area contributed by atoms with Crippen molar-refractivity contribution in [2.45, 2.75) is 6.42 Å². The number of hydrogen-bond acceptors (Lipinski definition) is 4. The summed E-state index contributed by atoms with van der Waals surface area (Å²) in [4.78, 5) is 12.3. The summed E-state index contributed by atoms with van der Waals surface area (Å²) in [5.41, 5.74) is 0.715. The van der Waals surface area contributed by atoms with E-state index in [4.69, 9.17) is 23.2 Å². The van der Waals surface area contributed by atoms with E-state index in [0.717, 1.165) is 11.5 Å². The van der Waals surface area contributed by atoms with E-state index in [1.807, 2.05) is 0 Å². The summed E-state index contributed by atoms with van der Waals surface area (Å²) >= 11 is 12.9. The van der Waals surface area contributed by atoms with Crippen molar-refractivity contribution in [2.24, 2.45) is 0 Å². The number of halogens is 2. The van der Waals surface area contributed by atoms with Crippen molar-refractivity contribution in [3.8, 4) is 0 Å². The Hall–Kier alpha value is -0.970. The van der Waals surface area contributed by atoms with Crippen LogP contribution in [0, 0.1) is 0 Å². The maximum Gasteiger partial charge on any atom is 0.180 e. The van der Waals surface area contributed by atoms with Gasteiger partial charge >= 0.3 is 0 Å². The predicted octanol–water partition coefficient (Wildman–Crippen LogP) is 3.27. The highest BCUT2D eigenvalue weighted by Gasteiger charge is 2.12. The Morgan fingerprint density at radius 2 is 2.19 bits per heavy atom. The third-order valence-electron chi connectivity index (χ3n) is 2.02. The van der Waals surface area contributed by atoms with Crippen LogP contribution in [0.5, 0.6) is 0 Å². The molecule has 0 saturated heterocycles. The molecule has 0 amide bonds. The number of carbonyl (C=O) groups is 1. The van der Waals surface area contributed by atoms with Gasteiger partial charge < -0.3 is 0 Å². The van der Waals surface area contributed by atoms with Gasteiger partial charge in [-0.05, 0) is 23.2 Å². The van der Waals surface area contributed by atoms with Gasteiger partial charge in [-0.15, -0.1) is 5.10 Å². The van der Waals surface area contributed by atoms with Crippen LogP contribution in [0.25, 0.3) is 0 Å². The first-order valence-corrected chi connectivity index (χ1v) is 5.95. The first-order chi connectivity index (χ1) is 7.68. The lowest BCUT2D eigenvalue weighted by molar-refractivity contribution is 0.0996. The van der Waals surface area contributed by atoms with Gasteiger partial charge in [0.2, 0.25) is 0 Å². The zero-order valence-corrected chi connectivity index (χ0v) is 10.3. The molecule has 16 heavy (non-hydrogen) atoms. The molecule has 0 unspecified atom stereocenters. The number of hydrogen-bond donors (Lipinski definition) is 0. The van der Waals surface area contributed by atoms with Crippen LogP contribution in [-0.2, 0) is 6.42 Å². The monoisotopic (exact) mass is 272 g/mol. The zero-order chi connectivity index (χ0) is 11.5. The molecule has 0 bridgehead atoms. The molecule has 0 aliphatic carbocycles. The van der Waals surface area contributed by atoms with Crippen LogP contribution >= 0.6 is 34.7 Å². The quantitative estimate of drug-likeness (QED) is 0.806. The first kappa shape index (κ1) is 11.5. The van der Waals surface area contributed by atoms with E-state index in [2.05, 4.69) is 9.59 Å². The summed E-state index contributed by atoms with van der Waals surface area (Å²) < 4.78 is 3.64. The van der Waals surface area contributed by atoms with Gasteiger partial charge in [0, 0.05) is 6.42 Å². The van der Waals surface area contributed by atoms with Crippen LogP contribution < -0.4 is 0 Å². The van der Waals surface area contributed by atoms with Crippen LogP contribution in [0.4, 0.5) is 0 Å². The van der Waals surface area contributed by atoms with Crippen molar-refractivity contribution < 1.29 is 4.79 Å². The molecule has 0 radical (unpaired) electrons. The van der Waals surface area contributed by atoms with Gasteiger partial charge in [-0.2, -0.15) is 0 Å². The molecule has 1 heterocycles. The lowest BCUT2D eigenvalue weighted by atomic mass is 10.1. The smallest absolute Gasteiger partial charge is 0.180 e. The van der Waals surface area contributed by atoms with Crippen LogP contribution in [0.1, 0.15) is 15.2 Å². The van der Waals surface area contributed by atoms with Crippen molar-refractivity contribution in [3.05, 3.63) is 44.9 Å². The Morgan fingerprint density at radius 3 is 2.88 bits per heavy atom. The van der Waals surface area contributed by atoms with Gasteiger partial charge in [-0.25, -0.2) is 0 Å². The second-order valence-electron chi connectivity index (χ2n) is 3.09. The SMILES string of the molecule is O=C(Cc1cccc(Cl)c1Cl)c1cnns1. The van der Waals surface area contributed by atoms with Crippen molar-refractivity contribution >= 4 is 40.5 Å². The molecule has 3 nitrogen and oxygen atoms in total. The van der Waals surface area contributed by atoms with Gasteiger partial charge in [0.15, 0.2) is 5.78 Å². The van der Waals surface area contributed by atoms with Gasteiger partial charge in [0.05, 0.1) is 16.2 Å². The number of carbonyl (C=O) groups excluding carboxylic acids is 1. The second-order valence-corrected chi connectivity index (χ2v) is 4.67. The maximum absolute atomic E-state index is 11.8. The lowest BCUT2D eigenvalue weighted by Crippen LogP contribution is -2.01. The fourth-order valence-electron chi connectivity index (χ4n) is 1.24. The average molecular weight is 273 g/mol. The molecule has 0 fully saturated rings. The van der Waals surface area contributed by atoms with E-state index in [0.29, 0.717) is 20.5 Å². The molecule has 1 aromatic heterocycles. The van der Waals surface area contributed by atoms with E-state index in [1.165, 1.54) is 6.20 Å². The fourth-order valence-corrected chi connectivity index (χ4v) is 2.07. The Morgan fingerprint density at radius 1 is 1.38 bits per heavy atom. The minimum atomic E-state index is -0.0563. The molecular weight excluding hydrogens is 267 g/mol. The molecule has 82 valence electrons. The summed E-state index contributed by atoms with van der Waals surface area (Å²) in [5, 5.41) is 4.49. The summed E-state index contributed by atoms with van der Waals surface area (Å²) in [6.07, 6.45) is 1.66. The Balaban J connectivity index is 2.22. The van der Waals surface area contributed by atoms with Gasteiger partial charge in [0.25, 0.3) is 0 Å². The third kappa shape index (κ3) is 2.40. The molecule has 1 aromatic carbocycles. The minimum absolute atomic E-state index is 0.0563. The van der Waals surface area contributed by atoms with Crippen LogP contribution in [0.15, 0.2) is 24.4 Å². The number of rotatable bonds is 3. The second kappa shape index (κ2) is 4.91. The van der Waals surface area contributed by atoms with Gasteiger partial charge in [-0.1, -0.05) is 39.8 Å². The van der Waals surface area contributed by atoms with Crippen LogP contribution in [0.3, 0.4) is 0 Å². The Kier molecular flexibility index (Phi) is 3.53. The third-order valence-corrected chi connectivity index (χ3v) is 3.58. The Bertz CT molecular complexity index is 514. The van der Waals surface area contributed by atoms with Gasteiger partial charge in [0.1, 0.15) is 4.88 Å². The highest BCUT2D eigenvalue weighted by molar-refractivity contribution is 7.07. The number of Topliss-reactive ketones (excluding diaryl/α,β-unsaturated/α-hetero) is 1. The minimum Gasteiger partial charge on any atom is -0.293 e. The average Bonchev–Trinajstić information content (AvgIpc) is 2.78.